The van der Waals surface area contributed by atoms with Crippen molar-refractivity contribution in [3.63, 3.8) is 0 Å². The van der Waals surface area contributed by atoms with Gasteiger partial charge in [-0.25, -0.2) is 9.78 Å². The van der Waals surface area contributed by atoms with Gasteiger partial charge in [0, 0.05) is 13.2 Å². The molecule has 0 saturated carbocycles. The number of aryl methyl sites for hydroxylation is 2. The van der Waals surface area contributed by atoms with Crippen LogP contribution in [-0.2, 0) is 7.05 Å². The Morgan fingerprint density at radius 1 is 1.47 bits per heavy atom. The van der Waals surface area contributed by atoms with E-state index < -0.39 is 5.97 Å². The Morgan fingerprint density at radius 2 is 2.24 bits per heavy atom. The molecule has 2 aromatic rings. The molecule has 0 aliphatic rings. The van der Waals surface area contributed by atoms with E-state index in [-0.39, 0.29) is 5.69 Å². The van der Waals surface area contributed by atoms with E-state index >= 15 is 0 Å². The molecular formula is C11H12N4O2. The number of anilines is 2. The number of rotatable bonds is 3. The maximum absolute atomic E-state index is 10.8. The van der Waals surface area contributed by atoms with Gasteiger partial charge in [0.2, 0.25) is 0 Å². The molecule has 17 heavy (non-hydrogen) atoms. The predicted octanol–water partition coefficient (Wildman–Crippen LogP) is 1.57. The minimum Gasteiger partial charge on any atom is -0.477 e. The quantitative estimate of drug-likeness (QED) is 0.839. The maximum Gasteiger partial charge on any atom is 0.354 e. The van der Waals surface area contributed by atoms with Gasteiger partial charge in [0.1, 0.15) is 5.82 Å². The zero-order valence-electron chi connectivity index (χ0n) is 9.51. The Hall–Kier alpha value is -2.37. The van der Waals surface area contributed by atoms with Crippen LogP contribution >= 0.6 is 0 Å². The second-order valence-corrected chi connectivity index (χ2v) is 3.64. The SMILES string of the molecule is Cc1nn(C)cc1Nc1cccc(C(=O)O)n1. The molecule has 0 atom stereocenters. The average Bonchev–Trinajstić information content (AvgIpc) is 2.58. The highest BCUT2D eigenvalue weighted by Crippen LogP contribution is 2.17. The first-order valence-corrected chi connectivity index (χ1v) is 5.04. The lowest BCUT2D eigenvalue weighted by Crippen LogP contribution is -2.02. The predicted molar refractivity (Wildman–Crippen MR) is 62.4 cm³/mol. The Balaban J connectivity index is 2.27. The first kappa shape index (κ1) is 11.1. The Kier molecular flexibility index (Phi) is 2.78. The molecule has 2 N–H and O–H groups in total. The van der Waals surface area contributed by atoms with E-state index in [4.69, 9.17) is 5.11 Å². The first-order valence-electron chi connectivity index (χ1n) is 5.04. The summed E-state index contributed by atoms with van der Waals surface area (Å²) in [6, 6.07) is 4.80. The van der Waals surface area contributed by atoms with Gasteiger partial charge >= 0.3 is 5.97 Å². The van der Waals surface area contributed by atoms with Gasteiger partial charge in [0.25, 0.3) is 0 Å². The largest absolute Gasteiger partial charge is 0.477 e. The molecule has 0 saturated heterocycles. The molecule has 88 valence electrons. The Bertz CT molecular complexity index is 562. The van der Waals surface area contributed by atoms with Crippen molar-refractivity contribution in [2.45, 2.75) is 6.92 Å². The second kappa shape index (κ2) is 4.25. The van der Waals surface area contributed by atoms with E-state index in [0.29, 0.717) is 5.82 Å². The third-order valence-corrected chi connectivity index (χ3v) is 2.24. The van der Waals surface area contributed by atoms with Gasteiger partial charge in [-0.3, -0.25) is 4.68 Å². The van der Waals surface area contributed by atoms with Crippen molar-refractivity contribution < 1.29 is 9.90 Å². The molecular weight excluding hydrogens is 220 g/mol. The highest BCUT2D eigenvalue weighted by atomic mass is 16.4. The lowest BCUT2D eigenvalue weighted by molar-refractivity contribution is 0.0690. The van der Waals surface area contributed by atoms with Gasteiger partial charge in [-0.15, -0.1) is 0 Å². The molecule has 0 aliphatic carbocycles. The molecule has 0 amide bonds. The summed E-state index contributed by atoms with van der Waals surface area (Å²) in [6.45, 7) is 1.86. The van der Waals surface area contributed by atoms with Crippen LogP contribution in [0.5, 0.6) is 0 Å². The minimum absolute atomic E-state index is 0.0107. The number of aromatic nitrogens is 3. The van der Waals surface area contributed by atoms with E-state index in [1.54, 1.807) is 16.8 Å². The van der Waals surface area contributed by atoms with Crippen LogP contribution in [0.4, 0.5) is 11.5 Å². The average molecular weight is 232 g/mol. The fourth-order valence-electron chi connectivity index (χ4n) is 1.48. The summed E-state index contributed by atoms with van der Waals surface area (Å²) in [5, 5.41) is 16.0. The van der Waals surface area contributed by atoms with Gasteiger partial charge in [-0.05, 0) is 19.1 Å². The van der Waals surface area contributed by atoms with Crippen molar-refractivity contribution in [1.82, 2.24) is 14.8 Å². The molecule has 0 radical (unpaired) electrons. The number of hydrogen-bond donors (Lipinski definition) is 2. The van der Waals surface area contributed by atoms with Crippen LogP contribution in [0.15, 0.2) is 24.4 Å². The van der Waals surface area contributed by atoms with Crippen LogP contribution in [-0.4, -0.2) is 25.8 Å². The van der Waals surface area contributed by atoms with E-state index in [1.165, 1.54) is 6.07 Å². The molecule has 2 aromatic heterocycles. The van der Waals surface area contributed by atoms with Crippen LogP contribution in [0.25, 0.3) is 0 Å². The smallest absolute Gasteiger partial charge is 0.354 e. The van der Waals surface area contributed by atoms with E-state index in [1.807, 2.05) is 20.2 Å². The van der Waals surface area contributed by atoms with Crippen LogP contribution in [0.3, 0.4) is 0 Å². The number of carboxylic acids is 1. The molecule has 6 nitrogen and oxygen atoms in total. The molecule has 0 aromatic carbocycles. The number of nitrogens with one attached hydrogen (secondary N) is 1. The second-order valence-electron chi connectivity index (χ2n) is 3.64. The topological polar surface area (TPSA) is 80.0 Å². The number of carbonyl (C=O) groups is 1. The fourth-order valence-corrected chi connectivity index (χ4v) is 1.48. The van der Waals surface area contributed by atoms with Gasteiger partial charge in [-0.1, -0.05) is 6.07 Å². The van der Waals surface area contributed by atoms with E-state index in [0.717, 1.165) is 11.4 Å². The number of nitrogens with zero attached hydrogens (tertiary/aromatic N) is 3. The summed E-state index contributed by atoms with van der Waals surface area (Å²) in [6.07, 6.45) is 1.81. The Morgan fingerprint density at radius 3 is 2.82 bits per heavy atom. The molecule has 0 bridgehead atoms. The maximum atomic E-state index is 10.8. The molecule has 2 heterocycles. The molecule has 0 unspecified atom stereocenters. The van der Waals surface area contributed by atoms with E-state index in [9.17, 15) is 4.79 Å². The molecule has 0 fully saturated rings. The molecule has 0 aliphatic heterocycles. The van der Waals surface area contributed by atoms with Crippen LogP contribution < -0.4 is 5.32 Å². The van der Waals surface area contributed by atoms with Gasteiger partial charge in [0.05, 0.1) is 11.4 Å². The third kappa shape index (κ3) is 2.41. The van der Waals surface area contributed by atoms with Crippen LogP contribution in [0, 0.1) is 6.92 Å². The van der Waals surface area contributed by atoms with Crippen LogP contribution in [0.2, 0.25) is 0 Å². The first-order chi connectivity index (χ1) is 8.06. The monoisotopic (exact) mass is 232 g/mol. The van der Waals surface area contributed by atoms with Gasteiger partial charge in [-0.2, -0.15) is 5.10 Å². The molecule has 2 rings (SSSR count). The normalized spacial score (nSPS) is 10.2. The highest BCUT2D eigenvalue weighted by molar-refractivity contribution is 5.85. The Labute approximate surface area is 97.9 Å². The summed E-state index contributed by atoms with van der Waals surface area (Å²) in [5.74, 6) is -0.558. The fraction of sp³-hybridized carbons (Fsp3) is 0.182. The molecule has 6 heteroatoms. The lowest BCUT2D eigenvalue weighted by Gasteiger charge is -2.04. The molecule has 0 spiro atoms. The van der Waals surface area contributed by atoms with Crippen LogP contribution in [0.1, 0.15) is 16.2 Å². The number of pyridine rings is 1. The summed E-state index contributed by atoms with van der Waals surface area (Å²) >= 11 is 0. The highest BCUT2D eigenvalue weighted by Gasteiger charge is 2.07. The number of aromatic carboxylic acids is 1. The van der Waals surface area contributed by atoms with Crippen molar-refractivity contribution in [3.05, 3.63) is 35.8 Å². The van der Waals surface area contributed by atoms with Gasteiger partial charge in [0.15, 0.2) is 5.69 Å². The van der Waals surface area contributed by atoms with Gasteiger partial charge < -0.3 is 10.4 Å². The van der Waals surface area contributed by atoms with Crippen molar-refractivity contribution in [1.29, 1.82) is 0 Å². The summed E-state index contributed by atoms with van der Waals surface area (Å²) in [5.41, 5.74) is 1.65. The van der Waals surface area contributed by atoms with Crippen molar-refractivity contribution in [3.8, 4) is 0 Å². The summed E-state index contributed by atoms with van der Waals surface area (Å²) in [7, 11) is 1.82. The minimum atomic E-state index is -1.04. The number of carboxylic acid groups (broad SMARTS) is 1. The zero-order chi connectivity index (χ0) is 12.4. The van der Waals surface area contributed by atoms with E-state index in [2.05, 4.69) is 15.4 Å². The summed E-state index contributed by atoms with van der Waals surface area (Å²) in [4.78, 5) is 14.7. The zero-order valence-corrected chi connectivity index (χ0v) is 9.51. The standard InChI is InChI=1S/C11H12N4O2/c1-7-9(6-15(2)14-7)13-10-5-3-4-8(12-10)11(16)17/h3-6H,1-2H3,(H,12,13)(H,16,17). The summed E-state index contributed by atoms with van der Waals surface area (Å²) < 4.78 is 1.68. The third-order valence-electron chi connectivity index (χ3n) is 2.24. The number of hydrogen-bond acceptors (Lipinski definition) is 4. The van der Waals surface area contributed by atoms with Crippen molar-refractivity contribution in [2.75, 3.05) is 5.32 Å². The lowest BCUT2D eigenvalue weighted by atomic mass is 10.3. The van der Waals surface area contributed by atoms with Crippen molar-refractivity contribution >= 4 is 17.5 Å². The van der Waals surface area contributed by atoms with Crippen molar-refractivity contribution in [2.24, 2.45) is 7.05 Å².